The summed E-state index contributed by atoms with van der Waals surface area (Å²) < 4.78 is 0. The normalized spacial score (nSPS) is 10.1. The number of unbranched alkanes of at least 4 members (excludes halogenated alkanes) is 1. The zero-order chi connectivity index (χ0) is 13.2. The summed E-state index contributed by atoms with van der Waals surface area (Å²) in [6.45, 7) is 3.90. The molecule has 0 unspecified atom stereocenters. The average Bonchev–Trinajstić information content (AvgIpc) is 2.36. The van der Waals surface area contributed by atoms with Crippen molar-refractivity contribution in [2.45, 2.75) is 32.6 Å². The number of primary amides is 1. The van der Waals surface area contributed by atoms with Gasteiger partial charge in [-0.1, -0.05) is 6.92 Å². The Morgan fingerprint density at radius 2 is 1.89 bits per heavy atom. The minimum Gasteiger partial charge on any atom is -0.384 e. The maximum atomic E-state index is 10.6. The highest BCUT2D eigenvalue weighted by Gasteiger charge is 1.97. The van der Waals surface area contributed by atoms with Gasteiger partial charge in [0, 0.05) is 19.5 Å². The van der Waals surface area contributed by atoms with Gasteiger partial charge in [0.05, 0.1) is 23.8 Å². The molecule has 100 valence electrons. The average molecular weight is 250 g/mol. The number of carbonyl (C=O) groups is 1. The molecule has 1 heterocycles. The fraction of sp³-hybridized carbons (Fsp3) is 0.538. The Labute approximate surface area is 108 Å². The Hall–Kier alpha value is -1.78. The standard InChI is InChI=1S/C13H22N4O/c1-2-6-16-11-8-12(10-15-9-11)17-7-4-3-5-13(14)18/h8-10,16-17H,2-7H2,1H3,(H2,14,18). The van der Waals surface area contributed by atoms with Gasteiger partial charge in [0.1, 0.15) is 0 Å². The van der Waals surface area contributed by atoms with Gasteiger partial charge >= 0.3 is 0 Å². The van der Waals surface area contributed by atoms with Crippen LogP contribution in [0.2, 0.25) is 0 Å². The highest BCUT2D eigenvalue weighted by atomic mass is 16.1. The first-order chi connectivity index (χ1) is 8.72. The van der Waals surface area contributed by atoms with Crippen molar-refractivity contribution >= 4 is 17.3 Å². The van der Waals surface area contributed by atoms with Crippen molar-refractivity contribution in [3.63, 3.8) is 0 Å². The molecule has 0 saturated carbocycles. The number of hydrogen-bond acceptors (Lipinski definition) is 4. The van der Waals surface area contributed by atoms with Crippen LogP contribution in [0.5, 0.6) is 0 Å². The van der Waals surface area contributed by atoms with Gasteiger partial charge in [-0.3, -0.25) is 9.78 Å². The van der Waals surface area contributed by atoms with Crippen LogP contribution in [-0.2, 0) is 4.79 Å². The van der Waals surface area contributed by atoms with Gasteiger partial charge in [-0.05, 0) is 25.3 Å². The molecule has 0 aromatic carbocycles. The van der Waals surface area contributed by atoms with E-state index in [1.807, 2.05) is 12.3 Å². The summed E-state index contributed by atoms with van der Waals surface area (Å²) in [5, 5.41) is 6.57. The number of nitrogens with zero attached hydrogens (tertiary/aromatic N) is 1. The first-order valence-corrected chi connectivity index (χ1v) is 6.43. The molecular weight excluding hydrogens is 228 g/mol. The van der Waals surface area contributed by atoms with Crippen molar-refractivity contribution in [2.24, 2.45) is 5.73 Å². The SMILES string of the molecule is CCCNc1cncc(NCCCCC(N)=O)c1. The van der Waals surface area contributed by atoms with Gasteiger partial charge in [-0.15, -0.1) is 0 Å². The Morgan fingerprint density at radius 3 is 2.50 bits per heavy atom. The van der Waals surface area contributed by atoms with Gasteiger partial charge in [0.25, 0.3) is 0 Å². The summed E-state index contributed by atoms with van der Waals surface area (Å²) in [6, 6.07) is 2.04. The van der Waals surface area contributed by atoms with E-state index in [9.17, 15) is 4.79 Å². The van der Waals surface area contributed by atoms with Crippen LogP contribution in [-0.4, -0.2) is 24.0 Å². The lowest BCUT2D eigenvalue weighted by molar-refractivity contribution is -0.118. The van der Waals surface area contributed by atoms with E-state index in [1.165, 1.54) is 0 Å². The Kier molecular flexibility index (Phi) is 6.61. The fourth-order valence-corrected chi connectivity index (χ4v) is 1.56. The van der Waals surface area contributed by atoms with E-state index in [4.69, 9.17) is 5.73 Å². The molecule has 1 amide bonds. The Morgan fingerprint density at radius 1 is 1.22 bits per heavy atom. The number of amides is 1. The number of anilines is 2. The number of nitrogens with two attached hydrogens (primary N) is 1. The van der Waals surface area contributed by atoms with Crippen molar-refractivity contribution < 1.29 is 4.79 Å². The molecule has 0 spiro atoms. The topological polar surface area (TPSA) is 80.0 Å². The number of hydrogen-bond donors (Lipinski definition) is 3. The molecule has 0 aliphatic rings. The van der Waals surface area contributed by atoms with Crippen molar-refractivity contribution in [2.75, 3.05) is 23.7 Å². The van der Waals surface area contributed by atoms with E-state index in [0.29, 0.717) is 6.42 Å². The first-order valence-electron chi connectivity index (χ1n) is 6.43. The predicted molar refractivity (Wildman–Crippen MR) is 74.6 cm³/mol. The predicted octanol–water partition coefficient (Wildman–Crippen LogP) is 1.97. The largest absolute Gasteiger partial charge is 0.384 e. The third kappa shape index (κ3) is 6.08. The van der Waals surface area contributed by atoms with E-state index < -0.39 is 0 Å². The maximum Gasteiger partial charge on any atom is 0.217 e. The minimum atomic E-state index is -0.234. The van der Waals surface area contributed by atoms with Gasteiger partial charge in [-0.2, -0.15) is 0 Å². The van der Waals surface area contributed by atoms with Gasteiger partial charge in [0.15, 0.2) is 0 Å². The molecule has 1 rings (SSSR count). The number of pyridine rings is 1. The zero-order valence-electron chi connectivity index (χ0n) is 10.9. The molecule has 1 aromatic rings. The third-order valence-electron chi connectivity index (χ3n) is 2.50. The lowest BCUT2D eigenvalue weighted by atomic mass is 10.2. The number of carbonyl (C=O) groups excluding carboxylic acids is 1. The quantitative estimate of drug-likeness (QED) is 0.585. The highest BCUT2D eigenvalue weighted by molar-refractivity contribution is 5.73. The summed E-state index contributed by atoms with van der Waals surface area (Å²) in [5.41, 5.74) is 7.10. The van der Waals surface area contributed by atoms with E-state index in [-0.39, 0.29) is 5.91 Å². The van der Waals surface area contributed by atoms with Crippen molar-refractivity contribution in [1.82, 2.24) is 4.98 Å². The lowest BCUT2D eigenvalue weighted by Crippen LogP contribution is -2.11. The molecule has 0 bridgehead atoms. The minimum absolute atomic E-state index is 0.234. The maximum absolute atomic E-state index is 10.6. The van der Waals surface area contributed by atoms with Crippen LogP contribution >= 0.6 is 0 Å². The van der Waals surface area contributed by atoms with Gasteiger partial charge in [0.2, 0.25) is 5.91 Å². The van der Waals surface area contributed by atoms with E-state index in [0.717, 1.165) is 43.7 Å². The van der Waals surface area contributed by atoms with E-state index in [2.05, 4.69) is 22.5 Å². The Balaban J connectivity index is 2.26. The van der Waals surface area contributed by atoms with Crippen LogP contribution in [0.4, 0.5) is 11.4 Å². The second-order valence-corrected chi connectivity index (χ2v) is 4.24. The van der Waals surface area contributed by atoms with Crippen LogP contribution in [0.15, 0.2) is 18.5 Å². The van der Waals surface area contributed by atoms with E-state index >= 15 is 0 Å². The second-order valence-electron chi connectivity index (χ2n) is 4.24. The van der Waals surface area contributed by atoms with Crippen molar-refractivity contribution in [1.29, 1.82) is 0 Å². The number of nitrogens with one attached hydrogen (secondary N) is 2. The molecule has 18 heavy (non-hydrogen) atoms. The molecule has 1 aromatic heterocycles. The summed E-state index contributed by atoms with van der Waals surface area (Å²) in [6.07, 6.45) is 6.90. The van der Waals surface area contributed by atoms with Gasteiger partial charge < -0.3 is 16.4 Å². The van der Waals surface area contributed by atoms with Crippen LogP contribution in [0.1, 0.15) is 32.6 Å². The second kappa shape index (κ2) is 8.33. The molecule has 0 fully saturated rings. The molecular formula is C13H22N4O. The van der Waals surface area contributed by atoms with Crippen LogP contribution in [0.3, 0.4) is 0 Å². The van der Waals surface area contributed by atoms with Crippen molar-refractivity contribution in [3.05, 3.63) is 18.5 Å². The summed E-state index contributed by atoms with van der Waals surface area (Å²) in [5.74, 6) is -0.234. The molecule has 0 saturated heterocycles. The van der Waals surface area contributed by atoms with Gasteiger partial charge in [-0.25, -0.2) is 0 Å². The molecule has 0 atom stereocenters. The summed E-state index contributed by atoms with van der Waals surface area (Å²) in [7, 11) is 0. The van der Waals surface area contributed by atoms with Crippen LogP contribution in [0, 0.1) is 0 Å². The fourth-order valence-electron chi connectivity index (χ4n) is 1.56. The smallest absolute Gasteiger partial charge is 0.217 e. The highest BCUT2D eigenvalue weighted by Crippen LogP contribution is 2.13. The Bertz CT molecular complexity index is 368. The zero-order valence-corrected chi connectivity index (χ0v) is 10.9. The first kappa shape index (κ1) is 14.3. The monoisotopic (exact) mass is 250 g/mol. The van der Waals surface area contributed by atoms with E-state index in [1.54, 1.807) is 6.20 Å². The van der Waals surface area contributed by atoms with Crippen LogP contribution < -0.4 is 16.4 Å². The molecule has 0 aliphatic heterocycles. The summed E-state index contributed by atoms with van der Waals surface area (Å²) >= 11 is 0. The molecule has 4 N–H and O–H groups in total. The van der Waals surface area contributed by atoms with Crippen LogP contribution in [0.25, 0.3) is 0 Å². The number of rotatable bonds is 9. The molecule has 5 heteroatoms. The lowest BCUT2D eigenvalue weighted by Gasteiger charge is -2.08. The molecule has 5 nitrogen and oxygen atoms in total. The molecule has 0 radical (unpaired) electrons. The third-order valence-corrected chi connectivity index (χ3v) is 2.50. The molecule has 0 aliphatic carbocycles. The van der Waals surface area contributed by atoms with Crippen molar-refractivity contribution in [3.8, 4) is 0 Å². The number of aromatic nitrogens is 1. The summed E-state index contributed by atoms with van der Waals surface area (Å²) in [4.78, 5) is 14.7.